The van der Waals surface area contributed by atoms with E-state index in [-0.39, 0.29) is 16.3 Å². The van der Waals surface area contributed by atoms with Gasteiger partial charge in [-0.2, -0.15) is 8.42 Å². The largest absolute Gasteiger partial charge is 0.396 e. The van der Waals surface area contributed by atoms with Crippen LogP contribution in [-0.2, 0) is 10.1 Å². The zero-order valence-electron chi connectivity index (χ0n) is 12.2. The lowest BCUT2D eigenvalue weighted by atomic mass is 10.1. The number of nitrogens with two attached hydrogens (primary N) is 1. The molecule has 0 aliphatic rings. The van der Waals surface area contributed by atoms with E-state index in [9.17, 15) is 13.0 Å². The maximum Gasteiger partial charge on any atom is 0.295 e. The van der Waals surface area contributed by atoms with Gasteiger partial charge in [0.25, 0.3) is 10.1 Å². The van der Waals surface area contributed by atoms with E-state index >= 15 is 0 Å². The summed E-state index contributed by atoms with van der Waals surface area (Å²) < 4.78 is 33.6. The van der Waals surface area contributed by atoms with Crippen molar-refractivity contribution in [2.24, 2.45) is 10.2 Å². The predicted molar refractivity (Wildman–Crippen MR) is 96.5 cm³/mol. The van der Waals surface area contributed by atoms with Crippen molar-refractivity contribution in [3.63, 3.8) is 0 Å². The fraction of sp³-hybridized carbons (Fsp3) is 0. The van der Waals surface area contributed by atoms with Gasteiger partial charge in [-0.25, -0.2) is 0 Å². The van der Waals surface area contributed by atoms with Crippen LogP contribution in [0.4, 0.5) is 17.1 Å². The van der Waals surface area contributed by atoms with Crippen molar-refractivity contribution in [2.45, 2.75) is 4.90 Å². The number of azo groups is 1. The van der Waals surface area contributed by atoms with Crippen molar-refractivity contribution in [1.29, 1.82) is 0 Å². The first-order valence-electron chi connectivity index (χ1n) is 6.83. The molecule has 6 nitrogen and oxygen atoms in total. The van der Waals surface area contributed by atoms with Gasteiger partial charge in [-0.05, 0) is 34.1 Å². The molecule has 0 saturated carbocycles. The number of anilines is 1. The summed E-state index contributed by atoms with van der Waals surface area (Å²) in [7, 11) is -4.43. The summed E-state index contributed by atoms with van der Waals surface area (Å²) in [5.74, 6) is 0. The van der Waals surface area contributed by atoms with Gasteiger partial charge in [0.2, 0.25) is 0 Å². The lowest BCUT2D eigenvalue weighted by molar-refractivity contribution is 0.484. The van der Waals surface area contributed by atoms with E-state index in [4.69, 9.17) is 5.73 Å². The molecule has 0 heterocycles. The number of hydrogen-bond donors (Lipinski definition) is 2. The van der Waals surface area contributed by atoms with Crippen molar-refractivity contribution >= 4 is 53.9 Å². The number of rotatable bonds is 3. The Kier molecular flexibility index (Phi) is 4.35. The van der Waals surface area contributed by atoms with E-state index in [1.807, 2.05) is 12.1 Å². The highest BCUT2D eigenvalue weighted by Gasteiger charge is 2.18. The van der Waals surface area contributed by atoms with E-state index in [2.05, 4.69) is 26.2 Å². The molecule has 0 amide bonds. The molecular weight excluding hydrogens is 394 g/mol. The Balaban J connectivity index is 2.22. The Morgan fingerprint density at radius 1 is 0.917 bits per heavy atom. The second kappa shape index (κ2) is 6.31. The molecule has 0 bridgehead atoms. The molecule has 0 saturated heterocycles. The zero-order valence-corrected chi connectivity index (χ0v) is 14.6. The molecule has 0 atom stereocenters. The predicted octanol–water partition coefficient (Wildman–Crippen LogP) is 4.85. The number of hydrogen-bond acceptors (Lipinski definition) is 5. The molecular formula is C16H12BrN3O3S. The molecule has 0 aliphatic heterocycles. The number of nitrogens with zero attached hydrogens (tertiary/aromatic N) is 2. The van der Waals surface area contributed by atoms with E-state index in [0.717, 1.165) is 4.47 Å². The van der Waals surface area contributed by atoms with Crippen LogP contribution in [0.15, 0.2) is 74.2 Å². The van der Waals surface area contributed by atoms with Crippen molar-refractivity contribution in [3.8, 4) is 0 Å². The average molecular weight is 406 g/mol. The maximum atomic E-state index is 11.7. The minimum atomic E-state index is -4.43. The standard InChI is InChI=1S/C16H12BrN3O3S/c17-12-7-3-4-8-13(12)19-20-14-9-15(24(21,22)23)10-5-1-2-6-11(10)16(14)18/h1-9H,18H2,(H,21,22,23)/b20-19+. The van der Waals surface area contributed by atoms with Gasteiger partial charge in [-0.15, -0.1) is 10.2 Å². The Labute approximate surface area is 146 Å². The lowest BCUT2D eigenvalue weighted by Crippen LogP contribution is -2.01. The highest BCUT2D eigenvalue weighted by molar-refractivity contribution is 9.10. The lowest BCUT2D eigenvalue weighted by Gasteiger charge is -2.09. The number of fused-ring (bicyclic) bond motifs is 1. The van der Waals surface area contributed by atoms with Gasteiger partial charge >= 0.3 is 0 Å². The van der Waals surface area contributed by atoms with E-state index in [0.29, 0.717) is 16.5 Å². The van der Waals surface area contributed by atoms with Crippen LogP contribution in [0.3, 0.4) is 0 Å². The van der Waals surface area contributed by atoms with Gasteiger partial charge in [0.05, 0.1) is 11.4 Å². The molecule has 24 heavy (non-hydrogen) atoms. The van der Waals surface area contributed by atoms with Gasteiger partial charge < -0.3 is 5.73 Å². The van der Waals surface area contributed by atoms with E-state index < -0.39 is 10.1 Å². The Morgan fingerprint density at radius 3 is 2.17 bits per heavy atom. The third-order valence-corrected chi connectivity index (χ3v) is 4.99. The van der Waals surface area contributed by atoms with Gasteiger partial charge in [0.15, 0.2) is 0 Å². The molecule has 0 aromatic heterocycles. The van der Waals surface area contributed by atoms with Crippen molar-refractivity contribution in [3.05, 3.63) is 59.1 Å². The van der Waals surface area contributed by atoms with Crippen molar-refractivity contribution in [2.75, 3.05) is 5.73 Å². The van der Waals surface area contributed by atoms with Crippen LogP contribution >= 0.6 is 15.9 Å². The Hall–Kier alpha value is -2.29. The molecule has 0 unspecified atom stereocenters. The second-order valence-corrected chi connectivity index (χ2v) is 7.22. The quantitative estimate of drug-likeness (QED) is 0.369. The van der Waals surface area contributed by atoms with Crippen LogP contribution in [0, 0.1) is 0 Å². The molecule has 8 heteroatoms. The van der Waals surface area contributed by atoms with Gasteiger partial charge in [0.1, 0.15) is 10.6 Å². The third-order valence-electron chi connectivity index (χ3n) is 3.42. The Bertz CT molecular complexity index is 1070. The summed E-state index contributed by atoms with van der Waals surface area (Å²) in [6, 6.07) is 15.0. The fourth-order valence-electron chi connectivity index (χ4n) is 2.29. The highest BCUT2D eigenvalue weighted by atomic mass is 79.9. The van der Waals surface area contributed by atoms with Gasteiger partial charge in [-0.1, -0.05) is 36.4 Å². The first-order chi connectivity index (χ1) is 11.4. The second-order valence-electron chi connectivity index (χ2n) is 4.98. The average Bonchev–Trinajstić information content (AvgIpc) is 2.54. The van der Waals surface area contributed by atoms with Gasteiger partial charge in [0, 0.05) is 15.2 Å². The molecule has 122 valence electrons. The topological polar surface area (TPSA) is 105 Å². The summed E-state index contributed by atoms with van der Waals surface area (Å²) in [6.07, 6.45) is 0. The van der Waals surface area contributed by atoms with E-state index in [1.165, 1.54) is 6.07 Å². The fourth-order valence-corrected chi connectivity index (χ4v) is 3.37. The molecule has 0 aliphatic carbocycles. The van der Waals surface area contributed by atoms with Crippen LogP contribution in [0.2, 0.25) is 0 Å². The van der Waals surface area contributed by atoms with Crippen molar-refractivity contribution in [1.82, 2.24) is 0 Å². The Morgan fingerprint density at radius 2 is 1.50 bits per heavy atom. The first kappa shape index (κ1) is 16.6. The summed E-state index contributed by atoms with van der Waals surface area (Å²) in [5, 5.41) is 8.96. The molecule has 3 N–H and O–H groups in total. The monoisotopic (exact) mass is 405 g/mol. The smallest absolute Gasteiger partial charge is 0.295 e. The molecule has 3 aromatic carbocycles. The summed E-state index contributed by atoms with van der Waals surface area (Å²) in [4.78, 5) is -0.256. The zero-order chi connectivity index (χ0) is 17.3. The third kappa shape index (κ3) is 3.16. The van der Waals surface area contributed by atoms with Crippen LogP contribution in [0.25, 0.3) is 10.8 Å². The van der Waals surface area contributed by atoms with Crippen LogP contribution in [-0.4, -0.2) is 13.0 Å². The minimum Gasteiger partial charge on any atom is -0.396 e. The molecule has 0 spiro atoms. The molecule has 0 fully saturated rings. The number of nitrogen functional groups attached to an aromatic ring is 1. The number of benzene rings is 3. The maximum absolute atomic E-state index is 11.7. The summed E-state index contributed by atoms with van der Waals surface area (Å²) >= 11 is 3.35. The van der Waals surface area contributed by atoms with E-state index in [1.54, 1.807) is 36.4 Å². The summed E-state index contributed by atoms with van der Waals surface area (Å²) in [6.45, 7) is 0. The first-order valence-corrected chi connectivity index (χ1v) is 9.06. The van der Waals surface area contributed by atoms with Crippen LogP contribution in [0.5, 0.6) is 0 Å². The number of halogens is 1. The summed E-state index contributed by atoms with van der Waals surface area (Å²) in [5.41, 5.74) is 7.11. The SMILES string of the molecule is Nc1c(/N=N/c2ccccc2Br)cc(S(=O)(=O)O)c2ccccc12. The van der Waals surface area contributed by atoms with Crippen LogP contribution < -0.4 is 5.73 Å². The van der Waals surface area contributed by atoms with Gasteiger partial charge in [-0.3, -0.25) is 4.55 Å². The highest BCUT2D eigenvalue weighted by Crippen LogP contribution is 2.37. The molecule has 3 aromatic rings. The normalized spacial score (nSPS) is 12.1. The molecule has 3 rings (SSSR count). The van der Waals surface area contributed by atoms with Crippen molar-refractivity contribution < 1.29 is 13.0 Å². The van der Waals surface area contributed by atoms with Crippen LogP contribution in [0.1, 0.15) is 0 Å². The minimum absolute atomic E-state index is 0.164. The molecule has 0 radical (unpaired) electrons.